The highest BCUT2D eigenvalue weighted by molar-refractivity contribution is 5.99. The van der Waals surface area contributed by atoms with Crippen LogP contribution < -0.4 is 10.1 Å². The molecule has 0 fully saturated rings. The first-order valence-corrected chi connectivity index (χ1v) is 7.67. The number of aliphatic hydroxyl groups excluding tert-OH is 1. The smallest absolute Gasteiger partial charge is 0.278 e. The van der Waals surface area contributed by atoms with E-state index in [1.165, 1.54) is 12.3 Å². The van der Waals surface area contributed by atoms with E-state index >= 15 is 0 Å². The Hall–Kier alpha value is -3.19. The SMILES string of the molecule is COc1ccccc1C(O)CNc1ccc([N+](=O)[O-])c2cnccc12. The number of nitrogens with one attached hydrogen (secondary N) is 1. The Morgan fingerprint density at radius 1 is 1.24 bits per heavy atom. The molecule has 1 aromatic heterocycles. The second-order valence-corrected chi connectivity index (χ2v) is 5.45. The van der Waals surface area contributed by atoms with E-state index in [4.69, 9.17) is 4.74 Å². The van der Waals surface area contributed by atoms with Gasteiger partial charge in [-0.1, -0.05) is 18.2 Å². The minimum absolute atomic E-state index is 0.000993. The highest BCUT2D eigenvalue weighted by Crippen LogP contribution is 2.31. The molecule has 7 nitrogen and oxygen atoms in total. The van der Waals surface area contributed by atoms with Crippen LogP contribution in [0.1, 0.15) is 11.7 Å². The Bertz CT molecular complexity index is 914. The quantitative estimate of drug-likeness (QED) is 0.528. The fraction of sp³-hybridized carbons (Fsp3) is 0.167. The van der Waals surface area contributed by atoms with E-state index in [1.54, 1.807) is 37.6 Å². The van der Waals surface area contributed by atoms with Crippen LogP contribution in [0.25, 0.3) is 10.8 Å². The van der Waals surface area contributed by atoms with Crippen LogP contribution in [0.15, 0.2) is 54.9 Å². The topological polar surface area (TPSA) is 97.5 Å². The number of benzene rings is 2. The molecule has 2 aromatic carbocycles. The Labute approximate surface area is 144 Å². The average molecular weight is 339 g/mol. The number of fused-ring (bicyclic) bond motifs is 1. The first-order valence-electron chi connectivity index (χ1n) is 7.67. The van der Waals surface area contributed by atoms with Crippen LogP contribution in [0.3, 0.4) is 0 Å². The minimum Gasteiger partial charge on any atom is -0.496 e. The number of anilines is 1. The normalized spacial score (nSPS) is 11.9. The first kappa shape index (κ1) is 16.7. The van der Waals surface area contributed by atoms with E-state index in [-0.39, 0.29) is 12.2 Å². The van der Waals surface area contributed by atoms with Crippen molar-refractivity contribution < 1.29 is 14.8 Å². The van der Waals surface area contributed by atoms with E-state index in [9.17, 15) is 15.2 Å². The maximum absolute atomic E-state index is 11.2. The lowest BCUT2D eigenvalue weighted by Gasteiger charge is -2.17. The zero-order valence-electron chi connectivity index (χ0n) is 13.5. The molecule has 1 unspecified atom stereocenters. The molecule has 0 bridgehead atoms. The van der Waals surface area contributed by atoms with Gasteiger partial charge in [-0.2, -0.15) is 0 Å². The van der Waals surface area contributed by atoms with Gasteiger partial charge in [-0.15, -0.1) is 0 Å². The third-order valence-electron chi connectivity index (χ3n) is 3.98. The molecule has 128 valence electrons. The molecule has 0 saturated carbocycles. The molecule has 0 radical (unpaired) electrons. The van der Waals surface area contributed by atoms with Crippen molar-refractivity contribution >= 4 is 22.1 Å². The summed E-state index contributed by atoms with van der Waals surface area (Å²) in [7, 11) is 1.55. The van der Waals surface area contributed by atoms with Crippen LogP contribution in [0.5, 0.6) is 5.75 Å². The Morgan fingerprint density at radius 3 is 2.80 bits per heavy atom. The molecular weight excluding hydrogens is 322 g/mol. The molecule has 0 aliphatic heterocycles. The lowest BCUT2D eigenvalue weighted by atomic mass is 10.1. The highest BCUT2D eigenvalue weighted by atomic mass is 16.6. The average Bonchev–Trinajstić information content (AvgIpc) is 2.65. The number of hydrogen-bond acceptors (Lipinski definition) is 6. The number of nitro benzene ring substituents is 1. The lowest BCUT2D eigenvalue weighted by molar-refractivity contribution is -0.383. The fourth-order valence-corrected chi connectivity index (χ4v) is 2.75. The molecule has 0 aliphatic rings. The van der Waals surface area contributed by atoms with Crippen LogP contribution >= 0.6 is 0 Å². The Kier molecular flexibility index (Phi) is 4.76. The summed E-state index contributed by atoms with van der Waals surface area (Å²) in [6, 6.07) is 12.0. The summed E-state index contributed by atoms with van der Waals surface area (Å²) in [6.07, 6.45) is 2.26. The van der Waals surface area contributed by atoms with Crippen LogP contribution in [0.4, 0.5) is 11.4 Å². The van der Waals surface area contributed by atoms with Crippen molar-refractivity contribution in [1.29, 1.82) is 0 Å². The summed E-state index contributed by atoms with van der Waals surface area (Å²) in [5, 5.41) is 25.9. The molecule has 0 amide bonds. The summed E-state index contributed by atoms with van der Waals surface area (Å²) >= 11 is 0. The standard InChI is InChI=1S/C18H17N3O4/c1-25-18-5-3-2-4-13(18)17(22)11-20-15-6-7-16(21(23)24)14-10-19-9-8-12(14)15/h2-10,17,20,22H,11H2,1H3. The lowest BCUT2D eigenvalue weighted by Crippen LogP contribution is -2.13. The van der Waals surface area contributed by atoms with Gasteiger partial charge in [0.1, 0.15) is 5.75 Å². The van der Waals surface area contributed by atoms with Gasteiger partial charge in [-0.05, 0) is 18.2 Å². The number of pyridine rings is 1. The van der Waals surface area contributed by atoms with Crippen molar-refractivity contribution in [3.63, 3.8) is 0 Å². The Morgan fingerprint density at radius 2 is 2.04 bits per heavy atom. The molecule has 7 heteroatoms. The summed E-state index contributed by atoms with van der Waals surface area (Å²) in [4.78, 5) is 14.7. The number of nitrogens with zero attached hydrogens (tertiary/aromatic N) is 2. The number of para-hydroxylation sites is 1. The molecule has 0 saturated heterocycles. The minimum atomic E-state index is -0.789. The molecule has 2 N–H and O–H groups in total. The van der Waals surface area contributed by atoms with E-state index in [0.29, 0.717) is 27.8 Å². The van der Waals surface area contributed by atoms with Gasteiger partial charge in [0, 0.05) is 41.6 Å². The van der Waals surface area contributed by atoms with Crippen LogP contribution in [-0.4, -0.2) is 28.7 Å². The summed E-state index contributed by atoms with van der Waals surface area (Å²) in [5.74, 6) is 0.606. The molecule has 25 heavy (non-hydrogen) atoms. The number of nitro groups is 1. The zero-order valence-corrected chi connectivity index (χ0v) is 13.5. The number of hydrogen-bond donors (Lipinski definition) is 2. The molecule has 3 rings (SSSR count). The van der Waals surface area contributed by atoms with Gasteiger partial charge in [0.05, 0.1) is 23.5 Å². The zero-order chi connectivity index (χ0) is 17.8. The van der Waals surface area contributed by atoms with Gasteiger partial charge in [0.2, 0.25) is 0 Å². The van der Waals surface area contributed by atoms with E-state index < -0.39 is 11.0 Å². The number of ether oxygens (including phenoxy) is 1. The second kappa shape index (κ2) is 7.14. The predicted molar refractivity (Wildman–Crippen MR) is 94.8 cm³/mol. The van der Waals surface area contributed by atoms with Crippen molar-refractivity contribution in [3.8, 4) is 5.75 Å². The van der Waals surface area contributed by atoms with Gasteiger partial charge in [0.15, 0.2) is 0 Å². The number of non-ortho nitro benzene ring substituents is 1. The summed E-state index contributed by atoms with van der Waals surface area (Å²) < 4.78 is 5.26. The van der Waals surface area contributed by atoms with Crippen molar-refractivity contribution in [2.45, 2.75) is 6.10 Å². The van der Waals surface area contributed by atoms with Crippen molar-refractivity contribution in [1.82, 2.24) is 4.98 Å². The largest absolute Gasteiger partial charge is 0.496 e. The molecule has 3 aromatic rings. The maximum Gasteiger partial charge on any atom is 0.278 e. The van der Waals surface area contributed by atoms with Crippen LogP contribution in [0.2, 0.25) is 0 Å². The number of aromatic nitrogens is 1. The van der Waals surface area contributed by atoms with Gasteiger partial charge in [0.25, 0.3) is 5.69 Å². The summed E-state index contributed by atoms with van der Waals surface area (Å²) in [5.41, 5.74) is 1.36. The molecule has 1 atom stereocenters. The molecule has 0 spiro atoms. The second-order valence-electron chi connectivity index (χ2n) is 5.45. The van der Waals surface area contributed by atoms with Crippen LogP contribution in [-0.2, 0) is 0 Å². The molecular formula is C18H17N3O4. The fourth-order valence-electron chi connectivity index (χ4n) is 2.75. The van der Waals surface area contributed by atoms with E-state index in [0.717, 1.165) is 0 Å². The number of aliphatic hydroxyl groups is 1. The van der Waals surface area contributed by atoms with Gasteiger partial charge in [-0.3, -0.25) is 15.1 Å². The van der Waals surface area contributed by atoms with Gasteiger partial charge < -0.3 is 15.2 Å². The van der Waals surface area contributed by atoms with Crippen molar-refractivity contribution in [3.05, 3.63) is 70.5 Å². The van der Waals surface area contributed by atoms with Crippen molar-refractivity contribution in [2.75, 3.05) is 19.0 Å². The predicted octanol–water partition coefficient (Wildman–Crippen LogP) is 3.30. The third-order valence-corrected chi connectivity index (χ3v) is 3.98. The molecule has 1 heterocycles. The van der Waals surface area contributed by atoms with Crippen molar-refractivity contribution in [2.24, 2.45) is 0 Å². The molecule has 0 aliphatic carbocycles. The summed E-state index contributed by atoms with van der Waals surface area (Å²) in [6.45, 7) is 0.232. The Balaban J connectivity index is 1.87. The van der Waals surface area contributed by atoms with E-state index in [2.05, 4.69) is 10.3 Å². The van der Waals surface area contributed by atoms with E-state index in [1.807, 2.05) is 12.1 Å². The third kappa shape index (κ3) is 3.36. The number of rotatable bonds is 6. The van der Waals surface area contributed by atoms with Gasteiger partial charge in [-0.25, -0.2) is 0 Å². The highest BCUT2D eigenvalue weighted by Gasteiger charge is 2.16. The monoisotopic (exact) mass is 339 g/mol. The number of methoxy groups -OCH3 is 1. The van der Waals surface area contributed by atoms with Crippen LogP contribution in [0, 0.1) is 10.1 Å². The first-order chi connectivity index (χ1) is 12.1. The maximum atomic E-state index is 11.2. The van der Waals surface area contributed by atoms with Gasteiger partial charge >= 0.3 is 0 Å².